The Kier molecular flexibility index (Phi) is 4.06. The molecule has 2 aromatic carbocycles. The highest BCUT2D eigenvalue weighted by molar-refractivity contribution is 6.31. The molecule has 0 aliphatic heterocycles. The highest BCUT2D eigenvalue weighted by atomic mass is 35.5. The predicted molar refractivity (Wildman–Crippen MR) is 99.2 cm³/mol. The summed E-state index contributed by atoms with van der Waals surface area (Å²) in [5.74, 6) is 0.236. The van der Waals surface area contributed by atoms with Gasteiger partial charge < -0.3 is 5.32 Å². The van der Waals surface area contributed by atoms with Crippen molar-refractivity contribution < 1.29 is 4.79 Å². The van der Waals surface area contributed by atoms with Crippen LogP contribution in [0, 0.1) is 12.8 Å². The molecule has 0 bridgehead atoms. The van der Waals surface area contributed by atoms with Crippen molar-refractivity contribution in [2.75, 3.05) is 5.32 Å². The molecular formula is C20H18ClN3O. The molecule has 4 nitrogen and oxygen atoms in total. The van der Waals surface area contributed by atoms with Crippen molar-refractivity contribution in [3.05, 3.63) is 77.1 Å². The zero-order valence-electron chi connectivity index (χ0n) is 13.8. The maximum atomic E-state index is 12.6. The van der Waals surface area contributed by atoms with Gasteiger partial charge in [0.15, 0.2) is 0 Å². The van der Waals surface area contributed by atoms with E-state index in [1.54, 1.807) is 6.20 Å². The van der Waals surface area contributed by atoms with Crippen LogP contribution < -0.4 is 5.32 Å². The standard InChI is InChI=1S/C20H18ClN3O/c1-13-9-10-22-24(13)15-6-4-5-14(11-15)23-20(25)18-12-17(18)16-7-2-3-8-19(16)21/h2-11,17-18H,12H2,1H3,(H,23,25). The first kappa shape index (κ1) is 15.9. The number of carbonyl (C=O) groups excluding carboxylic acids is 1. The van der Waals surface area contributed by atoms with Gasteiger partial charge in [-0.25, -0.2) is 4.68 Å². The molecule has 4 rings (SSSR count). The van der Waals surface area contributed by atoms with Gasteiger partial charge in [-0.15, -0.1) is 0 Å². The van der Waals surface area contributed by atoms with Crippen LogP contribution in [0.1, 0.15) is 23.6 Å². The molecule has 1 saturated carbocycles. The Balaban J connectivity index is 1.48. The summed E-state index contributed by atoms with van der Waals surface area (Å²) in [7, 11) is 0. The highest BCUT2D eigenvalue weighted by Gasteiger charge is 2.44. The van der Waals surface area contributed by atoms with E-state index in [1.165, 1.54) is 0 Å². The molecule has 2 unspecified atom stereocenters. The van der Waals surface area contributed by atoms with E-state index in [1.807, 2.05) is 66.2 Å². The predicted octanol–water partition coefficient (Wildman–Crippen LogP) is 4.58. The van der Waals surface area contributed by atoms with E-state index in [0.717, 1.165) is 34.1 Å². The van der Waals surface area contributed by atoms with E-state index >= 15 is 0 Å². The van der Waals surface area contributed by atoms with Gasteiger partial charge in [0, 0.05) is 28.5 Å². The van der Waals surface area contributed by atoms with Crippen LogP contribution >= 0.6 is 11.6 Å². The third kappa shape index (κ3) is 3.17. The SMILES string of the molecule is Cc1ccnn1-c1cccc(NC(=O)C2CC2c2ccccc2Cl)c1. The number of hydrogen-bond acceptors (Lipinski definition) is 2. The average molecular weight is 352 g/mol. The minimum Gasteiger partial charge on any atom is -0.326 e. The Morgan fingerprint density at radius 2 is 2.04 bits per heavy atom. The van der Waals surface area contributed by atoms with Gasteiger partial charge in [-0.05, 0) is 55.2 Å². The van der Waals surface area contributed by atoms with Crippen molar-refractivity contribution in [1.82, 2.24) is 9.78 Å². The topological polar surface area (TPSA) is 46.9 Å². The number of aryl methyl sites for hydroxylation is 1. The number of aromatic nitrogens is 2. The van der Waals surface area contributed by atoms with Crippen LogP contribution in [0.15, 0.2) is 60.8 Å². The molecule has 25 heavy (non-hydrogen) atoms. The lowest BCUT2D eigenvalue weighted by Crippen LogP contribution is -2.15. The molecule has 0 spiro atoms. The van der Waals surface area contributed by atoms with E-state index in [4.69, 9.17) is 11.6 Å². The van der Waals surface area contributed by atoms with Gasteiger partial charge in [0.2, 0.25) is 5.91 Å². The molecule has 1 amide bonds. The summed E-state index contributed by atoms with van der Waals surface area (Å²) >= 11 is 6.24. The molecule has 1 aliphatic rings. The molecule has 2 atom stereocenters. The van der Waals surface area contributed by atoms with Crippen molar-refractivity contribution in [3.63, 3.8) is 0 Å². The van der Waals surface area contributed by atoms with Crippen LogP contribution in [-0.4, -0.2) is 15.7 Å². The molecular weight excluding hydrogens is 334 g/mol. The zero-order chi connectivity index (χ0) is 17.4. The molecule has 1 aromatic heterocycles. The Hall–Kier alpha value is -2.59. The van der Waals surface area contributed by atoms with Crippen molar-refractivity contribution in [2.24, 2.45) is 5.92 Å². The highest BCUT2D eigenvalue weighted by Crippen LogP contribution is 2.50. The second-order valence-electron chi connectivity index (χ2n) is 6.39. The zero-order valence-corrected chi connectivity index (χ0v) is 14.6. The molecule has 1 aliphatic carbocycles. The number of nitrogens with zero attached hydrogens (tertiary/aromatic N) is 2. The lowest BCUT2D eigenvalue weighted by molar-refractivity contribution is -0.117. The van der Waals surface area contributed by atoms with Gasteiger partial charge in [0.25, 0.3) is 0 Å². The summed E-state index contributed by atoms with van der Waals surface area (Å²) < 4.78 is 1.85. The van der Waals surface area contributed by atoms with Crippen LogP contribution in [0.3, 0.4) is 0 Å². The number of anilines is 1. The number of nitrogens with one attached hydrogen (secondary N) is 1. The normalized spacial score (nSPS) is 18.8. The lowest BCUT2D eigenvalue weighted by Gasteiger charge is -2.09. The number of benzene rings is 2. The largest absolute Gasteiger partial charge is 0.326 e. The number of amides is 1. The molecule has 126 valence electrons. The first-order chi connectivity index (χ1) is 12.1. The monoisotopic (exact) mass is 351 g/mol. The maximum Gasteiger partial charge on any atom is 0.228 e. The third-order valence-corrected chi connectivity index (χ3v) is 4.97. The van der Waals surface area contributed by atoms with Crippen LogP contribution in [0.4, 0.5) is 5.69 Å². The van der Waals surface area contributed by atoms with E-state index in [-0.39, 0.29) is 17.7 Å². The quantitative estimate of drug-likeness (QED) is 0.748. The molecule has 1 fully saturated rings. The summed E-state index contributed by atoms with van der Waals surface area (Å²) in [5, 5.41) is 8.06. The molecule has 0 radical (unpaired) electrons. The molecule has 1 N–H and O–H groups in total. The van der Waals surface area contributed by atoms with Crippen LogP contribution in [0.2, 0.25) is 5.02 Å². The van der Waals surface area contributed by atoms with E-state index in [0.29, 0.717) is 0 Å². The van der Waals surface area contributed by atoms with E-state index in [9.17, 15) is 4.79 Å². The Labute approximate surface area is 151 Å². The maximum absolute atomic E-state index is 12.6. The minimum atomic E-state index is -0.0185. The molecule has 1 heterocycles. The second kappa shape index (κ2) is 6.37. The first-order valence-electron chi connectivity index (χ1n) is 8.30. The van der Waals surface area contributed by atoms with Crippen LogP contribution in [0.5, 0.6) is 0 Å². The summed E-state index contributed by atoms with van der Waals surface area (Å²) in [6.45, 7) is 2.00. The Morgan fingerprint density at radius 3 is 2.80 bits per heavy atom. The van der Waals surface area contributed by atoms with Crippen molar-refractivity contribution in [1.29, 1.82) is 0 Å². The number of rotatable bonds is 4. The molecule has 5 heteroatoms. The molecule has 3 aromatic rings. The van der Waals surface area contributed by atoms with Crippen LogP contribution in [0.25, 0.3) is 5.69 Å². The fourth-order valence-corrected chi connectivity index (χ4v) is 3.47. The number of halogens is 1. The Bertz CT molecular complexity index is 934. The van der Waals surface area contributed by atoms with Gasteiger partial charge in [-0.1, -0.05) is 35.9 Å². The first-order valence-corrected chi connectivity index (χ1v) is 8.67. The minimum absolute atomic E-state index is 0.0185. The van der Waals surface area contributed by atoms with Crippen LogP contribution in [-0.2, 0) is 4.79 Å². The Morgan fingerprint density at radius 1 is 1.20 bits per heavy atom. The smallest absolute Gasteiger partial charge is 0.228 e. The fraction of sp³-hybridized carbons (Fsp3) is 0.200. The van der Waals surface area contributed by atoms with Gasteiger partial charge in [-0.3, -0.25) is 4.79 Å². The lowest BCUT2D eigenvalue weighted by atomic mass is 10.1. The van der Waals surface area contributed by atoms with E-state index in [2.05, 4.69) is 10.4 Å². The summed E-state index contributed by atoms with van der Waals surface area (Å²) in [4.78, 5) is 12.6. The van der Waals surface area contributed by atoms with Gasteiger partial charge in [-0.2, -0.15) is 5.10 Å². The van der Waals surface area contributed by atoms with Crippen molar-refractivity contribution in [2.45, 2.75) is 19.3 Å². The van der Waals surface area contributed by atoms with Gasteiger partial charge in [0.05, 0.1) is 5.69 Å². The van der Waals surface area contributed by atoms with Crippen molar-refractivity contribution in [3.8, 4) is 5.69 Å². The molecule has 0 saturated heterocycles. The average Bonchev–Trinajstić information content (AvgIpc) is 3.29. The fourth-order valence-electron chi connectivity index (χ4n) is 3.19. The number of hydrogen-bond donors (Lipinski definition) is 1. The van der Waals surface area contributed by atoms with Gasteiger partial charge >= 0.3 is 0 Å². The second-order valence-corrected chi connectivity index (χ2v) is 6.80. The number of carbonyl (C=O) groups is 1. The summed E-state index contributed by atoms with van der Waals surface area (Å²) in [6.07, 6.45) is 2.60. The third-order valence-electron chi connectivity index (χ3n) is 4.62. The van der Waals surface area contributed by atoms with Crippen molar-refractivity contribution >= 4 is 23.2 Å². The van der Waals surface area contributed by atoms with E-state index < -0.39 is 0 Å². The summed E-state index contributed by atoms with van der Waals surface area (Å²) in [5.41, 5.74) is 3.82. The summed E-state index contributed by atoms with van der Waals surface area (Å²) in [6, 6.07) is 17.4. The van der Waals surface area contributed by atoms with Gasteiger partial charge in [0.1, 0.15) is 0 Å².